The van der Waals surface area contributed by atoms with Crippen molar-refractivity contribution in [3.63, 3.8) is 0 Å². The smallest absolute Gasteiger partial charge is 0.129 e. The highest BCUT2D eigenvalue weighted by Crippen LogP contribution is 2.39. The molecule has 0 spiro atoms. The van der Waals surface area contributed by atoms with E-state index in [4.69, 9.17) is 18.9 Å². The van der Waals surface area contributed by atoms with Gasteiger partial charge in [-0.25, -0.2) is 0 Å². The Bertz CT molecular complexity index is 1210. The van der Waals surface area contributed by atoms with Gasteiger partial charge in [-0.05, 0) is 66.8 Å². The minimum Gasteiger partial charge on any atom is -0.497 e. The highest BCUT2D eigenvalue weighted by Gasteiger charge is 2.28. The average molecular weight is 523 g/mol. The standard InChI is InChI=1S/C27H27BrN2O4/c1-31-22-12-6-18(26(16-22)33-3)5-9-20-15-25(24-14-13-23(32-2)17-27(24)34-4)30(29-20)21-10-7-19(28)8-11-21/h5-17,25,29H,1-4H3/b9-5+/t25-/m1/s1. The van der Waals surface area contributed by atoms with Crippen LogP contribution in [0.4, 0.5) is 5.69 Å². The molecule has 3 aromatic carbocycles. The molecule has 0 radical (unpaired) electrons. The number of methoxy groups -OCH3 is 4. The summed E-state index contributed by atoms with van der Waals surface area (Å²) in [6.07, 6.45) is 6.22. The Morgan fingerprint density at radius 2 is 1.41 bits per heavy atom. The lowest BCUT2D eigenvalue weighted by atomic mass is 10.0. The van der Waals surface area contributed by atoms with E-state index in [0.717, 1.165) is 50.0 Å². The van der Waals surface area contributed by atoms with Gasteiger partial charge >= 0.3 is 0 Å². The first kappa shape index (κ1) is 23.6. The third-order valence-corrected chi connectivity index (χ3v) is 6.14. The number of nitrogens with zero attached hydrogens (tertiary/aromatic N) is 1. The lowest BCUT2D eigenvalue weighted by Gasteiger charge is -2.28. The molecule has 0 saturated carbocycles. The molecule has 6 nitrogen and oxygen atoms in total. The van der Waals surface area contributed by atoms with Gasteiger partial charge in [-0.15, -0.1) is 0 Å². The van der Waals surface area contributed by atoms with Crippen LogP contribution in [0.5, 0.6) is 23.0 Å². The van der Waals surface area contributed by atoms with Crippen LogP contribution in [0.2, 0.25) is 0 Å². The van der Waals surface area contributed by atoms with Gasteiger partial charge in [0.15, 0.2) is 0 Å². The van der Waals surface area contributed by atoms with Crippen LogP contribution >= 0.6 is 15.9 Å². The molecule has 1 heterocycles. The number of hydrazine groups is 1. The third kappa shape index (κ3) is 4.99. The number of rotatable bonds is 8. The van der Waals surface area contributed by atoms with Crippen molar-refractivity contribution < 1.29 is 18.9 Å². The van der Waals surface area contributed by atoms with Crippen LogP contribution < -0.4 is 29.4 Å². The van der Waals surface area contributed by atoms with Crippen LogP contribution in [0.15, 0.2) is 83.0 Å². The zero-order valence-corrected chi connectivity index (χ0v) is 21.1. The topological polar surface area (TPSA) is 52.2 Å². The van der Waals surface area contributed by atoms with Gasteiger partial charge in [0.1, 0.15) is 23.0 Å². The van der Waals surface area contributed by atoms with Gasteiger partial charge in [0.05, 0.1) is 45.9 Å². The fourth-order valence-electron chi connectivity index (χ4n) is 3.84. The summed E-state index contributed by atoms with van der Waals surface area (Å²) in [6, 6.07) is 19.7. The van der Waals surface area contributed by atoms with E-state index in [9.17, 15) is 0 Å². The first-order valence-corrected chi connectivity index (χ1v) is 11.5. The van der Waals surface area contributed by atoms with E-state index in [1.54, 1.807) is 28.4 Å². The van der Waals surface area contributed by atoms with Gasteiger partial charge in [-0.2, -0.15) is 0 Å². The monoisotopic (exact) mass is 522 g/mol. The van der Waals surface area contributed by atoms with Crippen molar-refractivity contribution in [2.24, 2.45) is 0 Å². The number of nitrogens with one attached hydrogen (secondary N) is 1. The Labute approximate surface area is 208 Å². The first-order chi connectivity index (χ1) is 16.6. The minimum absolute atomic E-state index is 0.0977. The van der Waals surface area contributed by atoms with Gasteiger partial charge < -0.3 is 18.9 Å². The van der Waals surface area contributed by atoms with Crippen molar-refractivity contribution in [2.75, 3.05) is 33.4 Å². The van der Waals surface area contributed by atoms with Crippen molar-refractivity contribution in [1.82, 2.24) is 5.43 Å². The maximum absolute atomic E-state index is 5.70. The average Bonchev–Trinajstić information content (AvgIpc) is 3.31. The number of halogens is 1. The van der Waals surface area contributed by atoms with Gasteiger partial charge in [-0.3, -0.25) is 10.4 Å². The summed E-state index contributed by atoms with van der Waals surface area (Å²) >= 11 is 3.52. The summed E-state index contributed by atoms with van der Waals surface area (Å²) in [4.78, 5) is 0. The molecule has 4 rings (SSSR count). The zero-order valence-electron chi connectivity index (χ0n) is 19.5. The van der Waals surface area contributed by atoms with E-state index in [-0.39, 0.29) is 6.04 Å². The molecule has 0 aromatic heterocycles. The van der Waals surface area contributed by atoms with E-state index >= 15 is 0 Å². The van der Waals surface area contributed by atoms with Crippen LogP contribution in [0.3, 0.4) is 0 Å². The molecule has 1 aliphatic heterocycles. The van der Waals surface area contributed by atoms with Gasteiger partial charge in [-0.1, -0.05) is 15.9 Å². The number of hydrogen-bond acceptors (Lipinski definition) is 6. The predicted molar refractivity (Wildman–Crippen MR) is 139 cm³/mol. The Morgan fingerprint density at radius 3 is 2.06 bits per heavy atom. The summed E-state index contributed by atoms with van der Waals surface area (Å²) in [5.74, 6) is 3.00. The Morgan fingerprint density at radius 1 is 0.765 bits per heavy atom. The number of allylic oxidation sites excluding steroid dienone is 1. The molecule has 0 fully saturated rings. The normalized spacial score (nSPS) is 15.1. The molecule has 0 unspecified atom stereocenters. The lowest BCUT2D eigenvalue weighted by molar-refractivity contribution is 0.389. The minimum atomic E-state index is -0.0977. The lowest BCUT2D eigenvalue weighted by Crippen LogP contribution is -2.34. The quantitative estimate of drug-likeness (QED) is 0.383. The summed E-state index contributed by atoms with van der Waals surface area (Å²) in [5, 5.41) is 2.11. The van der Waals surface area contributed by atoms with Crippen molar-refractivity contribution in [1.29, 1.82) is 0 Å². The molecule has 1 aliphatic rings. The summed E-state index contributed by atoms with van der Waals surface area (Å²) in [6.45, 7) is 0. The molecule has 0 bridgehead atoms. The van der Waals surface area contributed by atoms with Crippen molar-refractivity contribution in [2.45, 2.75) is 6.04 Å². The van der Waals surface area contributed by atoms with Gasteiger partial charge in [0, 0.05) is 27.7 Å². The van der Waals surface area contributed by atoms with Crippen molar-refractivity contribution in [3.8, 4) is 23.0 Å². The summed E-state index contributed by atoms with van der Waals surface area (Å²) in [7, 11) is 6.61. The van der Waals surface area contributed by atoms with Gasteiger partial charge in [0.25, 0.3) is 0 Å². The fraction of sp³-hybridized carbons (Fsp3) is 0.185. The van der Waals surface area contributed by atoms with Crippen molar-refractivity contribution >= 4 is 27.7 Å². The fourth-order valence-corrected chi connectivity index (χ4v) is 4.10. The number of anilines is 1. The van der Waals surface area contributed by atoms with Crippen molar-refractivity contribution in [3.05, 3.63) is 94.1 Å². The largest absolute Gasteiger partial charge is 0.497 e. The van der Waals surface area contributed by atoms with E-state index in [0.29, 0.717) is 0 Å². The van der Waals surface area contributed by atoms with E-state index in [1.807, 2.05) is 60.7 Å². The Balaban J connectivity index is 1.71. The zero-order chi connectivity index (χ0) is 24.1. The molecule has 1 atom stereocenters. The molecule has 0 aliphatic carbocycles. The van der Waals surface area contributed by atoms with Crippen LogP contribution in [0.1, 0.15) is 17.2 Å². The summed E-state index contributed by atoms with van der Waals surface area (Å²) in [5.41, 5.74) is 7.46. The molecule has 0 amide bonds. The number of hydrogen-bond donors (Lipinski definition) is 1. The molecule has 34 heavy (non-hydrogen) atoms. The second kappa shape index (κ2) is 10.6. The highest BCUT2D eigenvalue weighted by atomic mass is 79.9. The molecule has 0 saturated heterocycles. The van der Waals surface area contributed by atoms with E-state index in [1.165, 1.54) is 0 Å². The van der Waals surface area contributed by atoms with E-state index < -0.39 is 0 Å². The van der Waals surface area contributed by atoms with Crippen LogP contribution in [0.25, 0.3) is 6.08 Å². The molecule has 1 N–H and O–H groups in total. The summed E-state index contributed by atoms with van der Waals surface area (Å²) < 4.78 is 22.9. The second-order valence-electron chi connectivity index (χ2n) is 7.57. The molecule has 176 valence electrons. The van der Waals surface area contributed by atoms with Crippen LogP contribution in [-0.4, -0.2) is 28.4 Å². The van der Waals surface area contributed by atoms with Gasteiger partial charge in [0.2, 0.25) is 0 Å². The Hall–Kier alpha value is -3.58. The maximum atomic E-state index is 5.70. The molecule has 7 heteroatoms. The van der Waals surface area contributed by atoms with Crippen LogP contribution in [0, 0.1) is 0 Å². The van der Waals surface area contributed by atoms with Crippen LogP contribution in [-0.2, 0) is 0 Å². The first-order valence-electron chi connectivity index (χ1n) is 10.7. The Kier molecular flexibility index (Phi) is 7.33. The predicted octanol–water partition coefficient (Wildman–Crippen LogP) is 6.15. The second-order valence-corrected chi connectivity index (χ2v) is 8.49. The third-order valence-electron chi connectivity index (χ3n) is 5.61. The number of ether oxygens (including phenoxy) is 4. The molecular formula is C27H27BrN2O4. The maximum Gasteiger partial charge on any atom is 0.129 e. The highest BCUT2D eigenvalue weighted by molar-refractivity contribution is 9.10. The van der Waals surface area contributed by atoms with E-state index in [2.05, 4.69) is 44.6 Å². The molecular weight excluding hydrogens is 496 g/mol. The SMILES string of the molecule is COc1ccc(/C=C/C2=C[C@H](c3ccc(OC)cc3OC)N(c3ccc(Br)cc3)N2)c(OC)c1. The molecule has 3 aromatic rings. The number of benzene rings is 3.